The fourth-order valence-corrected chi connectivity index (χ4v) is 1.25. The van der Waals surface area contributed by atoms with E-state index in [0.717, 1.165) is 0 Å². The van der Waals surface area contributed by atoms with E-state index < -0.39 is 17.4 Å². The first-order valence-electron chi connectivity index (χ1n) is 5.83. The van der Waals surface area contributed by atoms with Gasteiger partial charge in [0.15, 0.2) is 0 Å². The number of nitrogens with one attached hydrogen (secondary N) is 2. The van der Waals surface area contributed by atoms with Crippen LogP contribution in [-0.4, -0.2) is 53.6 Å². The largest absolute Gasteiger partial charge is 0.396 e. The van der Waals surface area contributed by atoms with Crippen LogP contribution in [0.1, 0.15) is 20.3 Å². The van der Waals surface area contributed by atoms with E-state index in [1.54, 1.807) is 13.8 Å². The Morgan fingerprint density at radius 2 is 1.89 bits per heavy atom. The van der Waals surface area contributed by atoms with E-state index in [2.05, 4.69) is 23.3 Å². The minimum atomic E-state index is -1.30. The Kier molecular flexibility index (Phi) is 7.97. The maximum atomic E-state index is 11.5. The molecule has 4 N–H and O–H groups in total. The summed E-state index contributed by atoms with van der Waals surface area (Å²) in [6.07, 6.45) is -1.14. The predicted molar refractivity (Wildman–Crippen MR) is 72.5 cm³/mol. The van der Waals surface area contributed by atoms with E-state index in [-0.39, 0.29) is 25.5 Å². The van der Waals surface area contributed by atoms with Gasteiger partial charge in [0, 0.05) is 18.4 Å². The average Bonchev–Trinajstić information content (AvgIpc) is 2.35. The molecule has 0 heterocycles. The lowest BCUT2D eigenvalue weighted by atomic mass is 9.87. The van der Waals surface area contributed by atoms with Crippen LogP contribution in [0.25, 0.3) is 0 Å². The van der Waals surface area contributed by atoms with Crippen molar-refractivity contribution >= 4 is 24.4 Å². The van der Waals surface area contributed by atoms with Gasteiger partial charge in [0.05, 0.1) is 13.2 Å². The quantitative estimate of drug-likeness (QED) is 0.386. The van der Waals surface area contributed by atoms with Gasteiger partial charge in [-0.1, -0.05) is 13.8 Å². The zero-order valence-electron chi connectivity index (χ0n) is 10.8. The molecule has 0 aliphatic rings. The zero-order chi connectivity index (χ0) is 14.2. The van der Waals surface area contributed by atoms with Crippen LogP contribution in [0.4, 0.5) is 0 Å². The van der Waals surface area contributed by atoms with Crippen LogP contribution in [0.5, 0.6) is 0 Å². The summed E-state index contributed by atoms with van der Waals surface area (Å²) in [5, 5.41) is 23.8. The van der Waals surface area contributed by atoms with Crippen LogP contribution in [0.2, 0.25) is 0 Å². The first kappa shape index (κ1) is 17.2. The smallest absolute Gasteiger partial charge is 0.249 e. The molecule has 0 aromatic heterocycles. The molecule has 0 unspecified atom stereocenters. The highest BCUT2D eigenvalue weighted by molar-refractivity contribution is 7.58. The standard InChI is InChI=1S/C11H22N2O4S/c1-11(2,7-14)9(16)10(17)13-4-3-8(15)12-5-6-18/h9,14,16,18H,3-7H2,1-2H3,(H,12,15)(H,13,17)/p+1/t9-/m0/s1. The number of carbonyl (C=O) groups is 2. The molecular formula is C11H23N2O4S+. The van der Waals surface area contributed by atoms with Gasteiger partial charge in [0.2, 0.25) is 11.8 Å². The first-order chi connectivity index (χ1) is 8.35. The molecule has 0 fully saturated rings. The van der Waals surface area contributed by atoms with Crippen LogP contribution in [0.15, 0.2) is 0 Å². The molecule has 6 nitrogen and oxygen atoms in total. The Hall–Kier alpha value is -0.790. The van der Waals surface area contributed by atoms with Crippen LogP contribution in [0, 0.1) is 5.41 Å². The molecule has 106 valence electrons. The average molecular weight is 279 g/mol. The molecular weight excluding hydrogens is 256 g/mol. The number of amides is 2. The summed E-state index contributed by atoms with van der Waals surface area (Å²) in [5.74, 6) is -0.0759. The lowest BCUT2D eigenvalue weighted by Gasteiger charge is -2.27. The topological polar surface area (TPSA) is 98.7 Å². The number of rotatable bonds is 8. The lowest BCUT2D eigenvalue weighted by Crippen LogP contribution is -2.46. The van der Waals surface area contributed by atoms with E-state index in [9.17, 15) is 14.7 Å². The van der Waals surface area contributed by atoms with Crippen molar-refractivity contribution in [3.63, 3.8) is 0 Å². The van der Waals surface area contributed by atoms with Crippen molar-refractivity contribution in [1.82, 2.24) is 10.6 Å². The third-order valence-corrected chi connectivity index (χ3v) is 2.74. The number of aliphatic hydroxyl groups excluding tert-OH is 2. The van der Waals surface area contributed by atoms with Crippen molar-refractivity contribution in [1.29, 1.82) is 0 Å². The van der Waals surface area contributed by atoms with Gasteiger partial charge >= 0.3 is 0 Å². The van der Waals surface area contributed by atoms with Gasteiger partial charge in [-0.2, -0.15) is 0 Å². The third-order valence-electron chi connectivity index (χ3n) is 2.49. The number of hydrogen-bond donors (Lipinski definition) is 4. The minimum absolute atomic E-state index is 0.157. The normalized spacial score (nSPS) is 12.9. The second-order valence-corrected chi connectivity index (χ2v) is 5.19. The van der Waals surface area contributed by atoms with E-state index in [4.69, 9.17) is 5.11 Å². The summed E-state index contributed by atoms with van der Waals surface area (Å²) in [6.45, 7) is 3.56. The summed E-state index contributed by atoms with van der Waals surface area (Å²) in [4.78, 5) is 22.8. The molecule has 0 aromatic carbocycles. The lowest BCUT2D eigenvalue weighted by molar-refractivity contribution is -0.137. The van der Waals surface area contributed by atoms with E-state index in [1.165, 1.54) is 0 Å². The van der Waals surface area contributed by atoms with Crippen LogP contribution < -0.4 is 10.6 Å². The van der Waals surface area contributed by atoms with Crippen LogP contribution >= 0.6 is 0 Å². The van der Waals surface area contributed by atoms with Gasteiger partial charge in [-0.15, -0.1) is 0 Å². The van der Waals surface area contributed by atoms with Crippen LogP contribution in [-0.2, 0) is 22.2 Å². The Morgan fingerprint density at radius 3 is 2.39 bits per heavy atom. The molecule has 0 saturated heterocycles. The fraction of sp³-hybridized carbons (Fsp3) is 0.818. The molecule has 0 spiro atoms. The van der Waals surface area contributed by atoms with Crippen LogP contribution in [0.3, 0.4) is 0 Å². The Bertz CT molecular complexity index is 284. The van der Waals surface area contributed by atoms with Crippen molar-refractivity contribution in [2.75, 3.05) is 25.4 Å². The number of carbonyl (C=O) groups excluding carboxylic acids is 2. The monoisotopic (exact) mass is 279 g/mol. The summed E-state index contributed by atoms with van der Waals surface area (Å²) < 4.78 is 0. The Balaban J connectivity index is 3.94. The second-order valence-electron chi connectivity index (χ2n) is 4.69. The fourth-order valence-electron chi connectivity index (χ4n) is 1.13. The summed E-state index contributed by atoms with van der Waals surface area (Å²) in [5.41, 5.74) is -0.901. The molecule has 7 heteroatoms. The minimum Gasteiger partial charge on any atom is -0.396 e. The highest BCUT2D eigenvalue weighted by atomic mass is 32.1. The molecule has 0 saturated carbocycles. The van der Waals surface area contributed by atoms with Gasteiger partial charge in [0.25, 0.3) is 0 Å². The molecule has 0 aliphatic heterocycles. The molecule has 0 bridgehead atoms. The third kappa shape index (κ3) is 6.23. The highest BCUT2D eigenvalue weighted by Gasteiger charge is 2.32. The van der Waals surface area contributed by atoms with E-state index >= 15 is 0 Å². The van der Waals surface area contributed by atoms with E-state index in [1.807, 2.05) is 0 Å². The van der Waals surface area contributed by atoms with Gasteiger partial charge in [-0.05, 0) is 12.6 Å². The SMILES string of the molecule is CC(C)(CO)[C@@H](O)C(=O)NCCC(=O)NCC[SH2+]. The highest BCUT2D eigenvalue weighted by Crippen LogP contribution is 2.19. The second kappa shape index (κ2) is 8.34. The molecule has 18 heavy (non-hydrogen) atoms. The molecule has 0 aromatic rings. The molecule has 0 radical (unpaired) electrons. The molecule has 0 rings (SSSR count). The molecule has 2 amide bonds. The van der Waals surface area contributed by atoms with Gasteiger partial charge in [-0.25, -0.2) is 0 Å². The Morgan fingerprint density at radius 1 is 1.28 bits per heavy atom. The van der Waals surface area contributed by atoms with Crippen molar-refractivity contribution in [2.24, 2.45) is 5.41 Å². The van der Waals surface area contributed by atoms with Crippen molar-refractivity contribution < 1.29 is 19.8 Å². The van der Waals surface area contributed by atoms with Gasteiger partial charge in [-0.3, -0.25) is 9.59 Å². The summed E-state index contributed by atoms with van der Waals surface area (Å²) in [6, 6.07) is 0. The predicted octanol–water partition coefficient (Wildman–Crippen LogP) is -2.00. The molecule has 1 atom stereocenters. The summed E-state index contributed by atoms with van der Waals surface area (Å²) in [7, 11) is 0. The number of aliphatic hydroxyl groups is 2. The maximum absolute atomic E-state index is 11.5. The van der Waals surface area contributed by atoms with Gasteiger partial charge < -0.3 is 20.8 Å². The van der Waals surface area contributed by atoms with Crippen molar-refractivity contribution in [3.05, 3.63) is 0 Å². The van der Waals surface area contributed by atoms with Crippen molar-refractivity contribution in [2.45, 2.75) is 26.4 Å². The first-order valence-corrected chi connectivity index (χ1v) is 6.53. The zero-order valence-corrected chi connectivity index (χ0v) is 11.8. The van der Waals surface area contributed by atoms with E-state index in [0.29, 0.717) is 12.3 Å². The van der Waals surface area contributed by atoms with Gasteiger partial charge in [0.1, 0.15) is 11.9 Å². The summed E-state index contributed by atoms with van der Waals surface area (Å²) >= 11 is 3.22. The maximum Gasteiger partial charge on any atom is 0.249 e. The van der Waals surface area contributed by atoms with Crippen molar-refractivity contribution in [3.8, 4) is 0 Å². The Labute approximate surface area is 113 Å². The number of hydrogen-bond acceptors (Lipinski definition) is 4. The molecule has 0 aliphatic carbocycles.